The van der Waals surface area contributed by atoms with Gasteiger partial charge in [0.1, 0.15) is 18.0 Å². The Bertz CT molecular complexity index is 590. The molecule has 0 radical (unpaired) electrons. The fourth-order valence-electron chi connectivity index (χ4n) is 1.68. The fourth-order valence-corrected chi connectivity index (χ4v) is 2.25. The predicted octanol–water partition coefficient (Wildman–Crippen LogP) is 4.24. The molecular weight excluding hydrogens is 327 g/mol. The highest BCUT2D eigenvalue weighted by molar-refractivity contribution is 6.35. The van der Waals surface area contributed by atoms with Gasteiger partial charge >= 0.3 is 6.16 Å². The van der Waals surface area contributed by atoms with Gasteiger partial charge in [-0.1, -0.05) is 29.3 Å². The lowest BCUT2D eigenvalue weighted by atomic mass is 10.1. The van der Waals surface area contributed by atoms with Crippen LogP contribution in [0.3, 0.4) is 0 Å². The highest BCUT2D eigenvalue weighted by atomic mass is 35.5. The quantitative estimate of drug-likeness (QED) is 0.784. The van der Waals surface area contributed by atoms with Crippen molar-refractivity contribution in [2.45, 2.75) is 12.6 Å². The number of ether oxygens (including phenoxy) is 1. The molecule has 1 atom stereocenters. The topological polar surface area (TPSA) is 53.4 Å². The van der Waals surface area contributed by atoms with Crippen LogP contribution in [0.2, 0.25) is 10.0 Å². The maximum absolute atomic E-state index is 11.2. The summed E-state index contributed by atoms with van der Waals surface area (Å²) < 4.78 is 10.8. The van der Waals surface area contributed by atoms with Gasteiger partial charge < -0.3 is 13.6 Å². The predicted molar refractivity (Wildman–Crippen MR) is 74.8 cm³/mol. The Balaban J connectivity index is 2.27. The minimum atomic E-state index is -1.01. The number of hydrogen-bond acceptors (Lipinski definition) is 4. The molecule has 0 saturated carbocycles. The minimum absolute atomic E-state index is 0.313. The Labute approximate surface area is 130 Å². The lowest BCUT2D eigenvalue weighted by Crippen LogP contribution is -2.16. The summed E-state index contributed by atoms with van der Waals surface area (Å²) in [6.45, 7) is 0.313. The molecule has 0 fully saturated rings. The van der Waals surface area contributed by atoms with Crippen LogP contribution < -0.4 is 0 Å². The average Bonchev–Trinajstić information content (AvgIpc) is 2.91. The molecule has 0 bridgehead atoms. The highest BCUT2D eigenvalue weighted by Gasteiger charge is 2.21. The fraction of sp³-hybridized carbons (Fsp3) is 0.167. The number of nitrogens with zero attached hydrogens (tertiary/aromatic N) is 2. The van der Waals surface area contributed by atoms with Gasteiger partial charge in [-0.15, -0.1) is 0 Å². The van der Waals surface area contributed by atoms with E-state index in [1.165, 1.54) is 0 Å². The molecule has 5 nitrogen and oxygen atoms in total. The smallest absolute Gasteiger partial charge is 0.423 e. The molecule has 0 aliphatic rings. The lowest BCUT2D eigenvalue weighted by Gasteiger charge is -2.18. The van der Waals surface area contributed by atoms with Crippen molar-refractivity contribution in [2.24, 2.45) is 0 Å². The zero-order valence-corrected chi connectivity index (χ0v) is 12.3. The van der Waals surface area contributed by atoms with E-state index in [1.54, 1.807) is 41.5 Å². The Morgan fingerprint density at radius 2 is 2.20 bits per heavy atom. The van der Waals surface area contributed by atoms with E-state index in [0.29, 0.717) is 22.2 Å². The number of imidazole rings is 1. The maximum Gasteiger partial charge on any atom is 0.527 e. The number of halogens is 3. The van der Waals surface area contributed by atoms with E-state index in [1.807, 2.05) is 0 Å². The molecule has 20 heavy (non-hydrogen) atoms. The van der Waals surface area contributed by atoms with Crippen LogP contribution in [-0.2, 0) is 15.6 Å². The first-order chi connectivity index (χ1) is 9.60. The van der Waals surface area contributed by atoms with Gasteiger partial charge in [0.15, 0.2) is 0 Å². The van der Waals surface area contributed by atoms with Crippen LogP contribution in [0.25, 0.3) is 0 Å². The number of aromatic nitrogens is 2. The monoisotopic (exact) mass is 334 g/mol. The summed E-state index contributed by atoms with van der Waals surface area (Å²) in [4.78, 5) is 15.1. The van der Waals surface area contributed by atoms with Crippen molar-refractivity contribution in [2.75, 3.05) is 0 Å². The van der Waals surface area contributed by atoms with Gasteiger partial charge in [-0.25, -0.2) is 9.78 Å². The van der Waals surface area contributed by atoms with Crippen molar-refractivity contribution in [3.63, 3.8) is 0 Å². The Morgan fingerprint density at radius 3 is 2.80 bits per heavy atom. The van der Waals surface area contributed by atoms with Crippen LogP contribution in [0.4, 0.5) is 4.79 Å². The third-order valence-corrected chi connectivity index (χ3v) is 3.24. The first-order valence-electron chi connectivity index (χ1n) is 5.50. The van der Waals surface area contributed by atoms with Crippen LogP contribution in [0.5, 0.6) is 0 Å². The molecule has 0 aliphatic heterocycles. The summed E-state index contributed by atoms with van der Waals surface area (Å²) in [6.07, 6.45) is 3.24. The van der Waals surface area contributed by atoms with E-state index >= 15 is 0 Å². The van der Waals surface area contributed by atoms with Crippen LogP contribution >= 0.6 is 35.1 Å². The molecule has 0 saturated heterocycles. The van der Waals surface area contributed by atoms with Gasteiger partial charge in [-0.2, -0.15) is 0 Å². The molecular formula is C12H9Cl3N2O3. The van der Waals surface area contributed by atoms with Crippen molar-refractivity contribution in [3.05, 3.63) is 52.5 Å². The van der Waals surface area contributed by atoms with Crippen molar-refractivity contribution in [3.8, 4) is 0 Å². The normalized spacial score (nSPS) is 11.9. The second kappa shape index (κ2) is 6.83. The first kappa shape index (κ1) is 15.0. The summed E-state index contributed by atoms with van der Waals surface area (Å²) in [6, 6.07) is 4.89. The van der Waals surface area contributed by atoms with Gasteiger partial charge in [0.05, 0.1) is 12.9 Å². The SMILES string of the molecule is O=C(OCl)OC(Cn1ccnc1)c1ccc(Cl)cc1Cl. The second-order valence-corrected chi connectivity index (χ2v) is 4.86. The van der Waals surface area contributed by atoms with E-state index < -0.39 is 12.3 Å². The van der Waals surface area contributed by atoms with E-state index in [4.69, 9.17) is 39.8 Å². The largest absolute Gasteiger partial charge is 0.527 e. The third kappa shape index (κ3) is 3.79. The molecule has 1 aromatic heterocycles. The summed E-state index contributed by atoms with van der Waals surface area (Å²) >= 11 is 16.9. The van der Waals surface area contributed by atoms with Gasteiger partial charge in [0.25, 0.3) is 0 Å². The molecule has 1 unspecified atom stereocenters. The Morgan fingerprint density at radius 1 is 1.40 bits per heavy atom. The standard InChI is InChI=1S/C12H9Cl3N2O3/c13-8-1-2-9(10(14)5-8)11(19-12(18)20-15)6-17-4-3-16-7-17/h1-5,7,11H,6H2. The van der Waals surface area contributed by atoms with E-state index in [2.05, 4.69) is 9.27 Å². The number of carbonyl (C=O) groups is 1. The van der Waals surface area contributed by atoms with Crippen LogP contribution in [-0.4, -0.2) is 15.7 Å². The van der Waals surface area contributed by atoms with Gasteiger partial charge in [0.2, 0.25) is 0 Å². The molecule has 0 amide bonds. The summed E-state index contributed by atoms with van der Waals surface area (Å²) in [5.74, 6) is 0. The van der Waals surface area contributed by atoms with E-state index in [0.717, 1.165) is 0 Å². The number of carbonyl (C=O) groups excluding carboxylic acids is 1. The first-order valence-corrected chi connectivity index (χ1v) is 6.56. The molecule has 0 N–H and O–H groups in total. The number of hydrogen-bond donors (Lipinski definition) is 0. The summed E-state index contributed by atoms with van der Waals surface area (Å²) in [7, 11) is 0. The summed E-state index contributed by atoms with van der Waals surface area (Å²) in [5, 5.41) is 0.866. The molecule has 0 aliphatic carbocycles. The molecule has 2 aromatic rings. The molecule has 1 heterocycles. The van der Waals surface area contributed by atoms with Gasteiger partial charge in [-0.3, -0.25) is 0 Å². The van der Waals surface area contributed by atoms with Crippen molar-refractivity contribution in [1.29, 1.82) is 0 Å². The van der Waals surface area contributed by atoms with Crippen LogP contribution in [0.1, 0.15) is 11.7 Å². The lowest BCUT2D eigenvalue weighted by molar-refractivity contribution is 0.0526. The maximum atomic E-state index is 11.2. The Kier molecular flexibility index (Phi) is 5.11. The molecule has 1 aromatic carbocycles. The third-order valence-electron chi connectivity index (χ3n) is 2.55. The number of rotatable bonds is 4. The molecule has 106 valence electrons. The van der Waals surface area contributed by atoms with Crippen molar-refractivity contribution < 1.29 is 13.8 Å². The molecule has 8 heteroatoms. The van der Waals surface area contributed by atoms with E-state index in [9.17, 15) is 4.79 Å². The zero-order chi connectivity index (χ0) is 14.5. The summed E-state index contributed by atoms with van der Waals surface area (Å²) in [5.41, 5.74) is 0.590. The van der Waals surface area contributed by atoms with Gasteiger partial charge in [0, 0.05) is 28.0 Å². The Hall–Kier alpha value is -1.43. The van der Waals surface area contributed by atoms with Crippen LogP contribution in [0, 0.1) is 0 Å². The number of benzene rings is 1. The molecule has 2 rings (SSSR count). The van der Waals surface area contributed by atoms with E-state index in [-0.39, 0.29) is 0 Å². The average molecular weight is 336 g/mol. The van der Waals surface area contributed by atoms with Crippen LogP contribution in [0.15, 0.2) is 36.9 Å². The minimum Gasteiger partial charge on any atom is -0.423 e. The molecule has 0 spiro atoms. The van der Waals surface area contributed by atoms with Crippen molar-refractivity contribution >= 4 is 41.2 Å². The zero-order valence-electron chi connectivity index (χ0n) is 10.0. The highest BCUT2D eigenvalue weighted by Crippen LogP contribution is 2.30. The van der Waals surface area contributed by atoms with Crippen molar-refractivity contribution in [1.82, 2.24) is 9.55 Å². The second-order valence-electron chi connectivity index (χ2n) is 3.86. The van der Waals surface area contributed by atoms with Gasteiger partial charge in [-0.05, 0) is 12.1 Å².